The van der Waals surface area contributed by atoms with E-state index in [4.69, 9.17) is 5.21 Å². The minimum Gasteiger partial charge on any atom is -0.289 e. The predicted octanol–water partition coefficient (Wildman–Crippen LogP) is 2.27. The molecule has 154 valence electrons. The second-order valence-corrected chi connectivity index (χ2v) is 11.4. The molecule has 8 nitrogen and oxygen atoms in total. The minimum absolute atomic E-state index is 0.0697. The summed E-state index contributed by atoms with van der Waals surface area (Å²) in [7, 11) is -7.93. The van der Waals surface area contributed by atoms with Crippen molar-refractivity contribution in [2.45, 2.75) is 39.5 Å². The maximum absolute atomic E-state index is 12.9. The average Bonchev–Trinajstić information content (AvgIpc) is 3.20. The molecular weight excluding hydrogens is 424 g/mol. The number of amides is 1. The van der Waals surface area contributed by atoms with Gasteiger partial charge in [0.05, 0.1) is 11.4 Å². The van der Waals surface area contributed by atoms with Gasteiger partial charge in [0.15, 0.2) is 0 Å². The lowest BCUT2D eigenvalue weighted by Crippen LogP contribution is -2.40. The van der Waals surface area contributed by atoms with Crippen LogP contribution in [-0.4, -0.2) is 45.3 Å². The normalized spacial score (nSPS) is 12.2. The summed E-state index contributed by atoms with van der Waals surface area (Å²) in [5.41, 5.74) is 1.42. The fraction of sp³-hybridized carbons (Fsp3) is 0.353. The molecule has 2 N–H and O–H groups in total. The lowest BCUT2D eigenvalue weighted by Gasteiger charge is -2.20. The number of hydrogen-bond acceptors (Lipinski definition) is 7. The molecule has 2 rings (SSSR count). The number of carbonyl (C=O) groups excluding carboxylic acids is 1. The summed E-state index contributed by atoms with van der Waals surface area (Å²) >= 11 is 0.632. The highest BCUT2D eigenvalue weighted by molar-refractivity contribution is 7.95. The Morgan fingerprint density at radius 3 is 2.29 bits per heavy atom. The van der Waals surface area contributed by atoms with E-state index in [1.54, 1.807) is 18.2 Å². The minimum atomic E-state index is -4.09. The van der Waals surface area contributed by atoms with Crippen LogP contribution in [0.5, 0.6) is 0 Å². The summed E-state index contributed by atoms with van der Waals surface area (Å²) in [5, 5.41) is 8.73. The number of sulfone groups is 1. The number of nitrogens with zero attached hydrogens (tertiary/aromatic N) is 1. The van der Waals surface area contributed by atoms with E-state index >= 15 is 0 Å². The van der Waals surface area contributed by atoms with E-state index in [9.17, 15) is 21.6 Å². The van der Waals surface area contributed by atoms with Crippen molar-refractivity contribution in [2.75, 3.05) is 13.1 Å². The van der Waals surface area contributed by atoms with Crippen molar-refractivity contribution in [3.8, 4) is 0 Å². The number of benzene rings is 1. The molecule has 2 aromatic rings. The Hall–Kier alpha value is -1.79. The van der Waals surface area contributed by atoms with Crippen LogP contribution < -0.4 is 5.48 Å². The van der Waals surface area contributed by atoms with Gasteiger partial charge < -0.3 is 0 Å². The average molecular weight is 447 g/mol. The Labute approximate surface area is 168 Å². The van der Waals surface area contributed by atoms with E-state index in [-0.39, 0.29) is 19.9 Å². The van der Waals surface area contributed by atoms with Gasteiger partial charge in [-0.05, 0) is 30.7 Å². The van der Waals surface area contributed by atoms with Crippen LogP contribution in [0.3, 0.4) is 0 Å². The molecule has 1 aromatic carbocycles. The van der Waals surface area contributed by atoms with Crippen LogP contribution in [0.15, 0.2) is 55.8 Å². The first-order valence-electron chi connectivity index (χ1n) is 8.56. The van der Waals surface area contributed by atoms with Gasteiger partial charge in [-0.1, -0.05) is 38.0 Å². The van der Waals surface area contributed by atoms with E-state index in [1.165, 1.54) is 29.7 Å². The standard InChI is InChI=1S/C17H22N2O6S3/c1-2-3-7-12-19(13-15(20)18-21)28(24,25)17-11-10-16(26-17)27(22,23)14-8-5-4-6-9-14/h4-6,8-11,21H,2-3,7,12-13H2,1H3,(H,18,20). The van der Waals surface area contributed by atoms with Crippen LogP contribution in [0, 0.1) is 0 Å². The summed E-state index contributed by atoms with van der Waals surface area (Å²) in [6, 6.07) is 10.2. The molecule has 0 saturated carbocycles. The number of carbonyl (C=O) groups is 1. The van der Waals surface area contributed by atoms with Gasteiger partial charge in [0.1, 0.15) is 8.42 Å². The second kappa shape index (κ2) is 9.61. The highest BCUT2D eigenvalue weighted by Gasteiger charge is 2.30. The Morgan fingerprint density at radius 2 is 1.68 bits per heavy atom. The zero-order valence-corrected chi connectivity index (χ0v) is 17.7. The van der Waals surface area contributed by atoms with Gasteiger partial charge in [0.25, 0.3) is 15.9 Å². The highest BCUT2D eigenvalue weighted by Crippen LogP contribution is 2.31. The number of sulfonamides is 1. The third-order valence-electron chi connectivity index (χ3n) is 3.92. The molecule has 0 fully saturated rings. The first-order chi connectivity index (χ1) is 13.2. The largest absolute Gasteiger partial charge is 0.289 e. The van der Waals surface area contributed by atoms with Crippen molar-refractivity contribution in [2.24, 2.45) is 0 Å². The van der Waals surface area contributed by atoms with Gasteiger partial charge in [-0.3, -0.25) is 10.0 Å². The van der Waals surface area contributed by atoms with Crippen LogP contribution in [0.2, 0.25) is 0 Å². The first kappa shape index (κ1) is 22.5. The molecule has 0 atom stereocenters. The molecule has 1 amide bonds. The molecule has 11 heteroatoms. The molecule has 28 heavy (non-hydrogen) atoms. The van der Waals surface area contributed by atoms with Crippen LogP contribution in [-0.2, 0) is 24.7 Å². The Morgan fingerprint density at radius 1 is 1.04 bits per heavy atom. The molecule has 0 unspecified atom stereocenters. The van der Waals surface area contributed by atoms with E-state index in [0.29, 0.717) is 17.8 Å². The predicted molar refractivity (Wildman–Crippen MR) is 104 cm³/mol. The monoisotopic (exact) mass is 446 g/mol. The van der Waals surface area contributed by atoms with E-state index in [0.717, 1.165) is 17.1 Å². The quantitative estimate of drug-likeness (QED) is 0.328. The molecule has 0 bridgehead atoms. The van der Waals surface area contributed by atoms with Gasteiger partial charge in [0.2, 0.25) is 9.84 Å². The molecular formula is C17H22N2O6S3. The third-order valence-corrected chi connectivity index (χ3v) is 9.58. The lowest BCUT2D eigenvalue weighted by atomic mass is 10.2. The van der Waals surface area contributed by atoms with Crippen LogP contribution in [0.25, 0.3) is 0 Å². The molecule has 0 aliphatic heterocycles. The summed E-state index contributed by atoms with van der Waals surface area (Å²) in [4.78, 5) is 11.6. The Bertz CT molecular complexity index is 1000. The molecule has 1 aromatic heterocycles. The second-order valence-electron chi connectivity index (χ2n) is 5.97. The van der Waals surface area contributed by atoms with E-state index in [1.807, 2.05) is 6.92 Å². The summed E-state index contributed by atoms with van der Waals surface area (Å²) in [6.45, 7) is 1.49. The van der Waals surface area contributed by atoms with Crippen LogP contribution in [0.4, 0.5) is 0 Å². The fourth-order valence-electron chi connectivity index (χ4n) is 2.45. The maximum Gasteiger partial charge on any atom is 0.258 e. The smallest absolute Gasteiger partial charge is 0.258 e. The Kier molecular flexibility index (Phi) is 7.72. The molecule has 0 spiro atoms. The number of nitrogens with one attached hydrogen (secondary N) is 1. The summed E-state index contributed by atoms with van der Waals surface area (Å²) in [6.07, 6.45) is 2.17. The molecule has 1 heterocycles. The first-order valence-corrected chi connectivity index (χ1v) is 12.3. The van der Waals surface area contributed by atoms with Gasteiger partial charge in [-0.25, -0.2) is 22.3 Å². The van der Waals surface area contributed by atoms with Crippen molar-refractivity contribution in [1.82, 2.24) is 9.79 Å². The van der Waals surface area contributed by atoms with Crippen molar-refractivity contribution in [3.63, 3.8) is 0 Å². The van der Waals surface area contributed by atoms with Gasteiger partial charge in [0, 0.05) is 6.54 Å². The zero-order valence-electron chi connectivity index (χ0n) is 15.2. The zero-order chi connectivity index (χ0) is 20.8. The maximum atomic E-state index is 12.9. The molecule has 0 aliphatic rings. The number of thiophene rings is 1. The van der Waals surface area contributed by atoms with Crippen molar-refractivity contribution < 1.29 is 26.8 Å². The lowest BCUT2D eigenvalue weighted by molar-refractivity contribution is -0.129. The third kappa shape index (κ3) is 5.17. The summed E-state index contributed by atoms with van der Waals surface area (Å²) in [5.74, 6) is -0.867. The van der Waals surface area contributed by atoms with Gasteiger partial charge in [-0.2, -0.15) is 4.31 Å². The van der Waals surface area contributed by atoms with Crippen LogP contribution >= 0.6 is 11.3 Å². The number of hydrogen-bond donors (Lipinski definition) is 2. The van der Waals surface area contributed by atoms with Crippen molar-refractivity contribution in [3.05, 3.63) is 42.5 Å². The highest BCUT2D eigenvalue weighted by atomic mass is 32.3. The topological polar surface area (TPSA) is 121 Å². The SMILES string of the molecule is CCCCCN(CC(=O)NO)S(=O)(=O)c1ccc(S(=O)(=O)c2ccccc2)s1. The number of unbranched alkanes of at least 4 members (excludes halogenated alkanes) is 2. The van der Waals surface area contributed by atoms with Gasteiger partial charge in [-0.15, -0.1) is 11.3 Å². The number of rotatable bonds is 10. The van der Waals surface area contributed by atoms with Crippen LogP contribution in [0.1, 0.15) is 26.2 Å². The Balaban J connectivity index is 2.35. The van der Waals surface area contributed by atoms with E-state index < -0.39 is 32.3 Å². The molecule has 0 radical (unpaired) electrons. The number of hydroxylamine groups is 1. The summed E-state index contributed by atoms with van der Waals surface area (Å²) < 4.78 is 51.9. The van der Waals surface area contributed by atoms with Gasteiger partial charge >= 0.3 is 0 Å². The fourth-order valence-corrected chi connectivity index (χ4v) is 7.23. The molecule has 0 aliphatic carbocycles. The van der Waals surface area contributed by atoms with Crippen molar-refractivity contribution >= 4 is 37.1 Å². The molecule has 0 saturated heterocycles. The van der Waals surface area contributed by atoms with Crippen molar-refractivity contribution in [1.29, 1.82) is 0 Å². The van der Waals surface area contributed by atoms with E-state index in [2.05, 4.69) is 0 Å².